The minimum absolute atomic E-state index is 0.114. The van der Waals surface area contributed by atoms with Crippen molar-refractivity contribution in [2.45, 2.75) is 19.3 Å². The second kappa shape index (κ2) is 2.63. The standard InChI is InChI=1S/C15H19NO2/c1-18-13(17)16-7-14-10-4-2-3-9(10)11-5-6-12(14)15(11,14)8-16/h5-6,9-12H,2-4,7-8H2,1H3. The van der Waals surface area contributed by atoms with Gasteiger partial charge in [0.15, 0.2) is 0 Å². The van der Waals surface area contributed by atoms with Gasteiger partial charge < -0.3 is 9.64 Å². The number of piperidine rings is 1. The third kappa shape index (κ3) is 0.697. The number of nitrogens with zero attached hydrogens (tertiary/aromatic N) is 1. The first-order chi connectivity index (χ1) is 8.75. The molecule has 4 fully saturated rings. The summed E-state index contributed by atoms with van der Waals surface area (Å²) in [5.74, 6) is 3.37. The number of allylic oxidation sites excluding steroid dienone is 2. The Morgan fingerprint density at radius 2 is 2.11 bits per heavy atom. The summed E-state index contributed by atoms with van der Waals surface area (Å²) in [7, 11) is 1.50. The number of carbonyl (C=O) groups excluding carboxylic acids is 1. The molecule has 0 aromatic carbocycles. The van der Waals surface area contributed by atoms with Crippen LogP contribution >= 0.6 is 0 Å². The maximum atomic E-state index is 11.8. The zero-order valence-corrected chi connectivity index (χ0v) is 10.8. The molecule has 3 saturated carbocycles. The lowest BCUT2D eigenvalue weighted by atomic mass is 9.81. The average Bonchev–Trinajstić information content (AvgIpc) is 2.90. The molecule has 5 rings (SSSR count). The van der Waals surface area contributed by atoms with Crippen LogP contribution in [0.25, 0.3) is 0 Å². The molecule has 1 amide bonds. The number of carbonyl (C=O) groups is 1. The Hall–Kier alpha value is -0.990. The Bertz CT molecular complexity index is 487. The molecular formula is C15H19NO2. The highest BCUT2D eigenvalue weighted by Gasteiger charge is 2.90. The first kappa shape index (κ1) is 9.88. The van der Waals surface area contributed by atoms with E-state index < -0.39 is 0 Å². The fraction of sp³-hybridized carbons (Fsp3) is 0.800. The number of fused-ring (bicyclic) bond motifs is 2. The molecule has 96 valence electrons. The number of amides is 1. The number of hydrogen-bond acceptors (Lipinski definition) is 2. The van der Waals surface area contributed by atoms with E-state index in [9.17, 15) is 4.79 Å². The lowest BCUT2D eigenvalue weighted by Crippen LogP contribution is -2.38. The highest BCUT2D eigenvalue weighted by molar-refractivity contribution is 5.70. The lowest BCUT2D eigenvalue weighted by Gasteiger charge is -2.31. The zero-order chi connectivity index (χ0) is 12.1. The van der Waals surface area contributed by atoms with Gasteiger partial charge in [0.05, 0.1) is 7.11 Å². The van der Waals surface area contributed by atoms with Gasteiger partial charge in [0.1, 0.15) is 0 Å². The lowest BCUT2D eigenvalue weighted by molar-refractivity contribution is 0.106. The molecule has 18 heavy (non-hydrogen) atoms. The van der Waals surface area contributed by atoms with E-state index in [0.29, 0.717) is 10.8 Å². The van der Waals surface area contributed by atoms with E-state index in [0.717, 1.165) is 36.8 Å². The van der Waals surface area contributed by atoms with Gasteiger partial charge in [-0.3, -0.25) is 0 Å². The summed E-state index contributed by atoms with van der Waals surface area (Å²) in [4.78, 5) is 13.8. The van der Waals surface area contributed by atoms with Crippen LogP contribution in [0, 0.1) is 34.5 Å². The van der Waals surface area contributed by atoms with E-state index >= 15 is 0 Å². The van der Waals surface area contributed by atoms with Crippen molar-refractivity contribution in [3.05, 3.63) is 12.2 Å². The molecule has 0 aromatic rings. The van der Waals surface area contributed by atoms with Gasteiger partial charge in [0.2, 0.25) is 0 Å². The fourth-order valence-corrected chi connectivity index (χ4v) is 6.77. The van der Waals surface area contributed by atoms with Gasteiger partial charge in [-0.1, -0.05) is 18.6 Å². The van der Waals surface area contributed by atoms with Crippen molar-refractivity contribution in [3.8, 4) is 0 Å². The number of rotatable bonds is 0. The Balaban J connectivity index is 1.58. The minimum Gasteiger partial charge on any atom is -0.453 e. The van der Waals surface area contributed by atoms with Crippen LogP contribution in [0.5, 0.6) is 0 Å². The summed E-state index contributed by atoms with van der Waals surface area (Å²) >= 11 is 0. The third-order valence-electron chi connectivity index (χ3n) is 7.03. The minimum atomic E-state index is -0.114. The Morgan fingerprint density at radius 1 is 1.28 bits per heavy atom. The van der Waals surface area contributed by atoms with E-state index in [4.69, 9.17) is 4.74 Å². The van der Waals surface area contributed by atoms with Crippen molar-refractivity contribution in [2.75, 3.05) is 20.2 Å². The molecule has 6 unspecified atom stereocenters. The smallest absolute Gasteiger partial charge is 0.409 e. The molecule has 3 nitrogen and oxygen atoms in total. The van der Waals surface area contributed by atoms with Gasteiger partial charge in [0, 0.05) is 23.9 Å². The summed E-state index contributed by atoms with van der Waals surface area (Å²) in [6.07, 6.45) is 9.08. The maximum Gasteiger partial charge on any atom is 0.409 e. The van der Waals surface area contributed by atoms with Crippen LogP contribution in [-0.4, -0.2) is 31.2 Å². The highest BCUT2D eigenvalue weighted by Crippen LogP contribution is 2.90. The van der Waals surface area contributed by atoms with Crippen molar-refractivity contribution >= 4 is 6.09 Å². The van der Waals surface area contributed by atoms with Gasteiger partial charge in [-0.25, -0.2) is 4.79 Å². The molecule has 0 bridgehead atoms. The summed E-state index contributed by atoms with van der Waals surface area (Å²) in [5.41, 5.74) is 0.902. The highest BCUT2D eigenvalue weighted by atomic mass is 16.5. The molecule has 1 aliphatic heterocycles. The molecule has 1 spiro atoms. The summed E-state index contributed by atoms with van der Waals surface area (Å²) in [6, 6.07) is 0. The summed E-state index contributed by atoms with van der Waals surface area (Å²) in [6.45, 7) is 1.92. The second-order valence-corrected chi connectivity index (χ2v) is 7.00. The van der Waals surface area contributed by atoms with Crippen LogP contribution in [0.4, 0.5) is 4.79 Å². The van der Waals surface area contributed by atoms with Crippen LogP contribution in [0.2, 0.25) is 0 Å². The number of methoxy groups -OCH3 is 1. The SMILES string of the molecule is COC(=O)N1CC23C4C=CC2C3(C1)C1CCCC41. The van der Waals surface area contributed by atoms with Gasteiger partial charge in [0.25, 0.3) is 0 Å². The van der Waals surface area contributed by atoms with Crippen LogP contribution in [-0.2, 0) is 4.74 Å². The number of ether oxygens (including phenoxy) is 1. The molecule has 5 aliphatic rings. The first-order valence-electron chi connectivity index (χ1n) is 7.27. The first-order valence-corrected chi connectivity index (χ1v) is 7.27. The molecular weight excluding hydrogens is 226 g/mol. The summed E-state index contributed by atoms with van der Waals surface area (Å²) in [5, 5.41) is 0. The average molecular weight is 245 g/mol. The number of hydrogen-bond donors (Lipinski definition) is 0. The molecule has 1 saturated heterocycles. The fourth-order valence-electron chi connectivity index (χ4n) is 6.77. The van der Waals surface area contributed by atoms with Crippen LogP contribution in [0.1, 0.15) is 19.3 Å². The Kier molecular flexibility index (Phi) is 1.45. The zero-order valence-electron chi connectivity index (χ0n) is 10.8. The van der Waals surface area contributed by atoms with Crippen molar-refractivity contribution < 1.29 is 9.53 Å². The number of likely N-dealkylation sites (tertiary alicyclic amines) is 1. The topological polar surface area (TPSA) is 29.5 Å². The molecule has 6 atom stereocenters. The normalized spacial score (nSPS) is 57.5. The van der Waals surface area contributed by atoms with Crippen molar-refractivity contribution in [1.29, 1.82) is 0 Å². The van der Waals surface area contributed by atoms with Gasteiger partial charge in [-0.15, -0.1) is 0 Å². The second-order valence-electron chi connectivity index (χ2n) is 7.00. The van der Waals surface area contributed by atoms with Crippen LogP contribution < -0.4 is 0 Å². The van der Waals surface area contributed by atoms with Crippen LogP contribution in [0.3, 0.4) is 0 Å². The molecule has 0 radical (unpaired) electrons. The molecule has 1 heterocycles. The van der Waals surface area contributed by atoms with Gasteiger partial charge in [-0.05, 0) is 36.5 Å². The Morgan fingerprint density at radius 3 is 2.94 bits per heavy atom. The quantitative estimate of drug-likeness (QED) is 0.613. The van der Waals surface area contributed by atoms with Crippen molar-refractivity contribution in [2.24, 2.45) is 34.5 Å². The van der Waals surface area contributed by atoms with Gasteiger partial charge >= 0.3 is 6.09 Å². The van der Waals surface area contributed by atoms with Crippen molar-refractivity contribution in [3.63, 3.8) is 0 Å². The van der Waals surface area contributed by atoms with E-state index in [2.05, 4.69) is 12.2 Å². The van der Waals surface area contributed by atoms with Crippen molar-refractivity contribution in [1.82, 2.24) is 4.90 Å². The largest absolute Gasteiger partial charge is 0.453 e. The predicted molar refractivity (Wildman–Crippen MR) is 65.8 cm³/mol. The molecule has 0 aromatic heterocycles. The molecule has 0 N–H and O–H groups in total. The predicted octanol–water partition coefficient (Wildman–Crippen LogP) is 2.29. The van der Waals surface area contributed by atoms with E-state index in [1.807, 2.05) is 4.90 Å². The van der Waals surface area contributed by atoms with E-state index in [1.54, 1.807) is 0 Å². The molecule has 4 aliphatic carbocycles. The van der Waals surface area contributed by atoms with Crippen LogP contribution in [0.15, 0.2) is 12.2 Å². The van der Waals surface area contributed by atoms with E-state index in [-0.39, 0.29) is 6.09 Å². The van der Waals surface area contributed by atoms with Gasteiger partial charge in [-0.2, -0.15) is 0 Å². The maximum absolute atomic E-state index is 11.8. The summed E-state index contributed by atoms with van der Waals surface area (Å²) < 4.78 is 4.93. The van der Waals surface area contributed by atoms with E-state index in [1.165, 1.54) is 26.4 Å². The Labute approximate surface area is 107 Å². The molecule has 3 heteroatoms. The third-order valence-corrected chi connectivity index (χ3v) is 7.03. The monoisotopic (exact) mass is 245 g/mol.